The molecule has 0 saturated heterocycles. The maximum absolute atomic E-state index is 11.5. The maximum atomic E-state index is 11.5. The minimum Gasteiger partial charge on any atom is -0.249 e. The number of hydrogen-bond acceptors (Lipinski definition) is 2. The van der Waals surface area contributed by atoms with Gasteiger partial charge in [0.25, 0.3) is 0 Å². The van der Waals surface area contributed by atoms with E-state index in [1.165, 1.54) is 10.9 Å². The Morgan fingerprint density at radius 2 is 2.20 bits per heavy atom. The molecule has 1 radical (unpaired) electrons. The minimum absolute atomic E-state index is 0.0301. The Morgan fingerprint density at radius 1 is 1.50 bits per heavy atom. The molecule has 5 heteroatoms. The van der Waals surface area contributed by atoms with Crippen LogP contribution >= 0.6 is 11.3 Å². The molecule has 1 rings (SSSR count). The van der Waals surface area contributed by atoms with Crippen LogP contribution in [0.3, 0.4) is 0 Å². The Morgan fingerprint density at radius 3 is 2.60 bits per heavy atom. The Kier molecular flexibility index (Phi) is 1.94. The maximum Gasteiger partial charge on any atom is 0.398 e. The van der Waals surface area contributed by atoms with Crippen LogP contribution in [-0.2, 0) is 0 Å². The van der Waals surface area contributed by atoms with Crippen molar-refractivity contribution in [2.24, 2.45) is 0 Å². The molecule has 1 aromatic rings. The zero-order valence-electron chi connectivity index (χ0n) is 4.72. The Hall–Kier alpha value is -0.580. The molecule has 1 heterocycles. The van der Waals surface area contributed by atoms with Crippen LogP contribution in [0.15, 0.2) is 10.9 Å². The smallest absolute Gasteiger partial charge is 0.249 e. The van der Waals surface area contributed by atoms with Crippen molar-refractivity contribution in [1.82, 2.24) is 4.98 Å². The van der Waals surface area contributed by atoms with Crippen LogP contribution in [-0.4, -0.2) is 11.2 Å². The first-order chi connectivity index (χ1) is 4.58. The summed E-state index contributed by atoms with van der Waals surface area (Å²) in [5.74, 6) is 0. The van der Waals surface area contributed by atoms with Gasteiger partial charge in [-0.15, -0.1) is 11.3 Å². The molecule has 0 atom stereocenters. The van der Waals surface area contributed by atoms with Crippen LogP contribution in [0, 0.1) is 6.42 Å². The lowest BCUT2D eigenvalue weighted by molar-refractivity contribution is -0.0931. The number of alkyl halides is 3. The van der Waals surface area contributed by atoms with Crippen LogP contribution in [0.25, 0.3) is 0 Å². The van der Waals surface area contributed by atoms with Gasteiger partial charge in [0.2, 0.25) is 0 Å². The molecular formula is C5H3F3NS. The highest BCUT2D eigenvalue weighted by Crippen LogP contribution is 2.22. The second-order valence-corrected chi connectivity index (χ2v) is 2.32. The van der Waals surface area contributed by atoms with E-state index in [4.69, 9.17) is 0 Å². The summed E-state index contributed by atoms with van der Waals surface area (Å²) >= 11 is 1.14. The van der Waals surface area contributed by atoms with Gasteiger partial charge in [0.05, 0.1) is 11.2 Å². The molecule has 0 fully saturated rings. The first kappa shape index (κ1) is 7.53. The van der Waals surface area contributed by atoms with E-state index < -0.39 is 6.18 Å². The summed E-state index contributed by atoms with van der Waals surface area (Å²) in [5.41, 5.74) is 1.33. The van der Waals surface area contributed by atoms with Crippen LogP contribution in [0.2, 0.25) is 0 Å². The topological polar surface area (TPSA) is 12.9 Å². The summed E-state index contributed by atoms with van der Waals surface area (Å²) in [6, 6.07) is 0. The van der Waals surface area contributed by atoms with Crippen LogP contribution in [0.5, 0.6) is 0 Å². The quantitative estimate of drug-likeness (QED) is 0.623. The van der Waals surface area contributed by atoms with E-state index in [-0.39, 0.29) is 12.1 Å². The third kappa shape index (κ3) is 2.34. The monoisotopic (exact) mass is 166 g/mol. The molecule has 0 N–H and O–H groups in total. The summed E-state index contributed by atoms with van der Waals surface area (Å²) in [6.07, 6.45) is -4.09. The van der Waals surface area contributed by atoms with Gasteiger partial charge in [0, 0.05) is 5.38 Å². The molecule has 1 aromatic heterocycles. The van der Waals surface area contributed by atoms with Crippen molar-refractivity contribution in [3.63, 3.8) is 0 Å². The van der Waals surface area contributed by atoms with Crippen LogP contribution in [0.4, 0.5) is 13.2 Å². The molecule has 0 aliphatic heterocycles. The van der Waals surface area contributed by atoms with E-state index in [0.29, 0.717) is 0 Å². The molecule has 0 aromatic carbocycles. The van der Waals surface area contributed by atoms with E-state index in [9.17, 15) is 13.2 Å². The molecule has 55 valence electrons. The van der Waals surface area contributed by atoms with Crippen molar-refractivity contribution in [1.29, 1.82) is 0 Å². The van der Waals surface area contributed by atoms with E-state index in [1.807, 2.05) is 0 Å². The van der Waals surface area contributed by atoms with E-state index in [2.05, 4.69) is 4.98 Å². The van der Waals surface area contributed by atoms with Gasteiger partial charge in [-0.25, -0.2) is 4.98 Å². The summed E-state index contributed by atoms with van der Waals surface area (Å²) < 4.78 is 34.6. The predicted octanol–water partition coefficient (Wildman–Crippen LogP) is 2.26. The number of aromatic nitrogens is 1. The third-order valence-electron chi connectivity index (χ3n) is 0.763. The molecule has 0 spiro atoms. The van der Waals surface area contributed by atoms with Gasteiger partial charge in [-0.3, -0.25) is 0 Å². The first-order valence-electron chi connectivity index (χ1n) is 2.39. The van der Waals surface area contributed by atoms with Crippen molar-refractivity contribution >= 4 is 11.3 Å². The summed E-state index contributed by atoms with van der Waals surface area (Å²) in [5, 5.41) is 1.34. The highest BCUT2D eigenvalue weighted by molar-refractivity contribution is 7.07. The van der Waals surface area contributed by atoms with Crippen molar-refractivity contribution in [3.8, 4) is 0 Å². The van der Waals surface area contributed by atoms with E-state index in [0.717, 1.165) is 11.3 Å². The molecule has 1 nitrogen and oxygen atoms in total. The lowest BCUT2D eigenvalue weighted by atomic mass is 10.3. The van der Waals surface area contributed by atoms with Gasteiger partial charge in [0.1, 0.15) is 6.42 Å². The van der Waals surface area contributed by atoms with E-state index in [1.54, 1.807) is 0 Å². The average Bonchev–Trinajstić information content (AvgIpc) is 2.12. The fourth-order valence-electron chi connectivity index (χ4n) is 0.461. The molecule has 10 heavy (non-hydrogen) atoms. The fourth-order valence-corrected chi connectivity index (χ4v) is 0.973. The molecule has 0 amide bonds. The standard InChI is InChI=1S/C5H3F3NS/c6-5(7,8)1-4-2-10-3-9-4/h1-3H. The normalized spacial score (nSPS) is 11.9. The SMILES string of the molecule is FC(F)(F)[CH]c1cscn1. The summed E-state index contributed by atoms with van der Waals surface area (Å²) in [4.78, 5) is 3.44. The first-order valence-corrected chi connectivity index (χ1v) is 3.33. The number of thiazole rings is 1. The average molecular weight is 166 g/mol. The van der Waals surface area contributed by atoms with Gasteiger partial charge >= 0.3 is 6.18 Å². The number of nitrogens with zero attached hydrogens (tertiary/aromatic N) is 1. The van der Waals surface area contributed by atoms with Crippen molar-refractivity contribution in [3.05, 3.63) is 23.0 Å². The second kappa shape index (κ2) is 2.57. The highest BCUT2D eigenvalue weighted by Gasteiger charge is 2.29. The lowest BCUT2D eigenvalue weighted by Gasteiger charge is -2.00. The predicted molar refractivity (Wildman–Crippen MR) is 31.6 cm³/mol. The van der Waals surface area contributed by atoms with Crippen molar-refractivity contribution < 1.29 is 13.2 Å². The van der Waals surface area contributed by atoms with Crippen molar-refractivity contribution in [2.45, 2.75) is 6.18 Å². The van der Waals surface area contributed by atoms with Crippen LogP contribution < -0.4 is 0 Å². The third-order valence-corrected chi connectivity index (χ3v) is 1.37. The van der Waals surface area contributed by atoms with Crippen molar-refractivity contribution in [2.75, 3.05) is 0 Å². The molecular weight excluding hydrogens is 163 g/mol. The van der Waals surface area contributed by atoms with E-state index >= 15 is 0 Å². The second-order valence-electron chi connectivity index (χ2n) is 1.60. The Bertz CT molecular complexity index is 191. The number of rotatable bonds is 1. The minimum atomic E-state index is -4.26. The number of hydrogen-bond donors (Lipinski definition) is 0. The lowest BCUT2D eigenvalue weighted by Crippen LogP contribution is -2.08. The van der Waals surface area contributed by atoms with Gasteiger partial charge in [-0.2, -0.15) is 13.2 Å². The summed E-state index contributed by atoms with van der Waals surface area (Å²) in [6.45, 7) is 0. The number of halogens is 3. The molecule has 0 aliphatic rings. The van der Waals surface area contributed by atoms with Crippen LogP contribution in [0.1, 0.15) is 5.69 Å². The van der Waals surface area contributed by atoms with Gasteiger partial charge < -0.3 is 0 Å². The highest BCUT2D eigenvalue weighted by atomic mass is 32.1. The Labute approximate surface area is 59.5 Å². The largest absolute Gasteiger partial charge is 0.398 e. The zero-order valence-corrected chi connectivity index (χ0v) is 5.54. The zero-order chi connectivity index (χ0) is 7.61. The van der Waals surface area contributed by atoms with Gasteiger partial charge in [0.15, 0.2) is 0 Å². The molecule has 0 bridgehead atoms. The fraction of sp³-hybridized carbons (Fsp3) is 0.200. The molecule has 0 unspecified atom stereocenters. The summed E-state index contributed by atoms with van der Waals surface area (Å²) in [7, 11) is 0. The van der Waals surface area contributed by atoms with Gasteiger partial charge in [-0.05, 0) is 0 Å². The molecule has 0 saturated carbocycles. The molecule has 0 aliphatic carbocycles. The van der Waals surface area contributed by atoms with Gasteiger partial charge in [-0.1, -0.05) is 0 Å². The Balaban J connectivity index is 2.57.